The fourth-order valence-corrected chi connectivity index (χ4v) is 4.15. The summed E-state index contributed by atoms with van der Waals surface area (Å²) in [6.07, 6.45) is 1.34. The van der Waals surface area contributed by atoms with Crippen molar-refractivity contribution < 1.29 is 24.1 Å². The van der Waals surface area contributed by atoms with Crippen molar-refractivity contribution in [2.45, 2.75) is 38.7 Å². The Morgan fingerprint density at radius 2 is 1.93 bits per heavy atom. The molecule has 2 atom stereocenters. The Kier molecular flexibility index (Phi) is 4.61. The van der Waals surface area contributed by atoms with E-state index in [9.17, 15) is 5.11 Å². The Labute approximate surface area is 165 Å². The zero-order valence-electron chi connectivity index (χ0n) is 16.8. The number of rotatable bonds is 4. The van der Waals surface area contributed by atoms with E-state index >= 15 is 0 Å². The van der Waals surface area contributed by atoms with E-state index in [-0.39, 0.29) is 17.8 Å². The quantitative estimate of drug-likeness (QED) is 0.799. The molecule has 1 N–H and O–H groups in total. The third kappa shape index (κ3) is 2.86. The minimum Gasteiger partial charge on any atom is -0.507 e. The molecule has 2 aliphatic heterocycles. The van der Waals surface area contributed by atoms with Crippen LogP contribution in [0.2, 0.25) is 0 Å². The highest BCUT2D eigenvalue weighted by Gasteiger charge is 2.36. The second-order valence-corrected chi connectivity index (χ2v) is 7.57. The number of phenols is 1. The fourth-order valence-electron chi connectivity index (χ4n) is 4.15. The minimum absolute atomic E-state index is 0.0670. The summed E-state index contributed by atoms with van der Waals surface area (Å²) in [5, 5.41) is 10.9. The number of hydrogen-bond acceptors (Lipinski definition) is 5. The van der Waals surface area contributed by atoms with Crippen molar-refractivity contribution in [2.75, 3.05) is 20.8 Å². The summed E-state index contributed by atoms with van der Waals surface area (Å²) in [4.78, 5) is 0. The van der Waals surface area contributed by atoms with Crippen molar-refractivity contribution >= 4 is 0 Å². The van der Waals surface area contributed by atoms with Gasteiger partial charge in [-0.05, 0) is 31.9 Å². The molecule has 2 aromatic rings. The highest BCUT2D eigenvalue weighted by atomic mass is 16.5. The van der Waals surface area contributed by atoms with Crippen molar-refractivity contribution in [2.24, 2.45) is 0 Å². The molecule has 5 nitrogen and oxygen atoms in total. The summed E-state index contributed by atoms with van der Waals surface area (Å²) in [6.45, 7) is 8.39. The molecule has 0 amide bonds. The molecule has 28 heavy (non-hydrogen) atoms. The molecule has 0 spiro atoms. The molecule has 0 aromatic heterocycles. The molecule has 0 bridgehead atoms. The van der Waals surface area contributed by atoms with Crippen molar-refractivity contribution in [1.82, 2.24) is 0 Å². The van der Waals surface area contributed by atoms with Gasteiger partial charge in [-0.2, -0.15) is 0 Å². The van der Waals surface area contributed by atoms with Crippen LogP contribution in [0.1, 0.15) is 35.1 Å². The SMILES string of the molecule is C=C(C)C1Cc2c(c(C)c(O)c3c2OC[C@H](c2ccc(OC)cc2OC)C3)O1. The third-order valence-corrected chi connectivity index (χ3v) is 5.76. The van der Waals surface area contributed by atoms with Gasteiger partial charge in [0, 0.05) is 40.7 Å². The molecule has 0 saturated carbocycles. The Balaban J connectivity index is 1.72. The highest BCUT2D eigenvalue weighted by Crippen LogP contribution is 2.51. The van der Waals surface area contributed by atoms with Crippen LogP contribution in [0.15, 0.2) is 30.4 Å². The molecule has 0 fully saturated rings. The average Bonchev–Trinajstić information content (AvgIpc) is 3.17. The maximum absolute atomic E-state index is 10.9. The van der Waals surface area contributed by atoms with Crippen LogP contribution in [-0.2, 0) is 12.8 Å². The van der Waals surface area contributed by atoms with E-state index < -0.39 is 0 Å². The van der Waals surface area contributed by atoms with Gasteiger partial charge in [-0.3, -0.25) is 0 Å². The van der Waals surface area contributed by atoms with E-state index in [0.717, 1.165) is 57.2 Å². The smallest absolute Gasteiger partial charge is 0.133 e. The number of fused-ring (bicyclic) bond motifs is 3. The molecule has 0 radical (unpaired) electrons. The first-order valence-electron chi connectivity index (χ1n) is 9.48. The summed E-state index contributed by atoms with van der Waals surface area (Å²) in [7, 11) is 3.29. The number of ether oxygens (including phenoxy) is 4. The molecular formula is C23H26O5. The first-order chi connectivity index (χ1) is 13.4. The van der Waals surface area contributed by atoms with Crippen LogP contribution in [-0.4, -0.2) is 32.0 Å². The average molecular weight is 382 g/mol. The Bertz CT molecular complexity index is 947. The zero-order valence-corrected chi connectivity index (χ0v) is 16.8. The van der Waals surface area contributed by atoms with E-state index in [1.165, 1.54) is 0 Å². The first-order valence-corrected chi connectivity index (χ1v) is 9.48. The maximum Gasteiger partial charge on any atom is 0.133 e. The summed E-state index contributed by atoms with van der Waals surface area (Å²) in [5.41, 5.74) is 4.67. The van der Waals surface area contributed by atoms with Gasteiger partial charge in [-0.1, -0.05) is 12.6 Å². The number of phenolic OH excluding ortho intramolecular Hbond substituents is 1. The summed E-state index contributed by atoms with van der Waals surface area (Å²) < 4.78 is 23.1. The van der Waals surface area contributed by atoms with Crippen LogP contribution >= 0.6 is 0 Å². The molecule has 1 unspecified atom stereocenters. The van der Waals surface area contributed by atoms with Crippen LogP contribution < -0.4 is 18.9 Å². The molecule has 2 heterocycles. The fraction of sp³-hybridized carbons (Fsp3) is 0.391. The normalized spacial score (nSPS) is 19.9. The molecule has 5 heteroatoms. The topological polar surface area (TPSA) is 57.2 Å². The van der Waals surface area contributed by atoms with Gasteiger partial charge in [0.25, 0.3) is 0 Å². The van der Waals surface area contributed by atoms with Gasteiger partial charge in [0.1, 0.15) is 34.9 Å². The standard InChI is InChI=1S/C23H26O5/c1-12(2)19-10-18-22(28-19)13(3)21(24)17-8-14(11-27-23(17)18)16-7-6-15(25-4)9-20(16)26-5/h6-7,9,14,19,24H,1,8,10-11H2,2-5H3/t14-,19?/m1/s1. The Morgan fingerprint density at radius 1 is 1.14 bits per heavy atom. The van der Waals surface area contributed by atoms with Gasteiger partial charge in [0.05, 0.1) is 20.8 Å². The predicted molar refractivity (Wildman–Crippen MR) is 107 cm³/mol. The molecule has 0 aliphatic carbocycles. The molecule has 0 saturated heterocycles. The lowest BCUT2D eigenvalue weighted by Gasteiger charge is -2.29. The highest BCUT2D eigenvalue weighted by molar-refractivity contribution is 5.65. The number of hydrogen-bond donors (Lipinski definition) is 1. The second kappa shape index (κ2) is 6.97. The summed E-state index contributed by atoms with van der Waals surface area (Å²) >= 11 is 0. The second-order valence-electron chi connectivity index (χ2n) is 7.57. The minimum atomic E-state index is -0.0670. The summed E-state index contributed by atoms with van der Waals surface area (Å²) in [5.74, 6) is 3.36. The molecule has 148 valence electrons. The van der Waals surface area contributed by atoms with Crippen molar-refractivity contribution in [3.8, 4) is 28.7 Å². The van der Waals surface area contributed by atoms with E-state index in [2.05, 4.69) is 6.58 Å². The molecule has 4 rings (SSSR count). The lowest BCUT2D eigenvalue weighted by molar-refractivity contribution is 0.252. The third-order valence-electron chi connectivity index (χ3n) is 5.76. The molecule has 2 aliphatic rings. The van der Waals surface area contributed by atoms with E-state index in [1.807, 2.05) is 32.0 Å². The number of methoxy groups -OCH3 is 2. The van der Waals surface area contributed by atoms with E-state index in [1.54, 1.807) is 14.2 Å². The monoisotopic (exact) mass is 382 g/mol. The van der Waals surface area contributed by atoms with Crippen LogP contribution in [0.3, 0.4) is 0 Å². The van der Waals surface area contributed by atoms with Gasteiger partial charge in [-0.15, -0.1) is 0 Å². The number of aromatic hydroxyl groups is 1. The van der Waals surface area contributed by atoms with Gasteiger partial charge in [0.15, 0.2) is 0 Å². The Hall–Kier alpha value is -2.82. The van der Waals surface area contributed by atoms with Crippen molar-refractivity contribution in [1.29, 1.82) is 0 Å². The van der Waals surface area contributed by atoms with Crippen molar-refractivity contribution in [3.63, 3.8) is 0 Å². The first kappa shape index (κ1) is 18.5. The molecule has 2 aromatic carbocycles. The van der Waals surface area contributed by atoms with Crippen molar-refractivity contribution in [3.05, 3.63) is 52.6 Å². The van der Waals surface area contributed by atoms with Gasteiger partial charge >= 0.3 is 0 Å². The van der Waals surface area contributed by atoms with Gasteiger partial charge in [-0.25, -0.2) is 0 Å². The Morgan fingerprint density at radius 3 is 2.61 bits per heavy atom. The zero-order chi connectivity index (χ0) is 20.0. The summed E-state index contributed by atoms with van der Waals surface area (Å²) in [6, 6.07) is 5.81. The predicted octanol–water partition coefficient (Wildman–Crippen LogP) is 4.32. The van der Waals surface area contributed by atoms with Crippen LogP contribution in [0, 0.1) is 6.92 Å². The van der Waals surface area contributed by atoms with Gasteiger partial charge < -0.3 is 24.1 Å². The van der Waals surface area contributed by atoms with E-state index in [0.29, 0.717) is 13.0 Å². The van der Waals surface area contributed by atoms with Gasteiger partial charge in [0.2, 0.25) is 0 Å². The number of benzene rings is 2. The van der Waals surface area contributed by atoms with Crippen LogP contribution in [0.4, 0.5) is 0 Å². The van der Waals surface area contributed by atoms with Crippen LogP contribution in [0.5, 0.6) is 28.7 Å². The lowest BCUT2D eigenvalue weighted by atomic mass is 9.86. The van der Waals surface area contributed by atoms with Crippen LogP contribution in [0.25, 0.3) is 0 Å². The van der Waals surface area contributed by atoms with E-state index in [4.69, 9.17) is 18.9 Å². The maximum atomic E-state index is 10.9. The molecular weight excluding hydrogens is 356 g/mol. The largest absolute Gasteiger partial charge is 0.507 e. The lowest BCUT2D eigenvalue weighted by Crippen LogP contribution is -2.21.